The summed E-state index contributed by atoms with van der Waals surface area (Å²) in [6.07, 6.45) is 0.843. The highest BCUT2D eigenvalue weighted by Crippen LogP contribution is 2.37. The number of carbonyl (C=O) groups excluding carboxylic acids is 2. The van der Waals surface area contributed by atoms with Crippen LogP contribution in [0.1, 0.15) is 17.2 Å². The fourth-order valence-corrected chi connectivity index (χ4v) is 4.37. The van der Waals surface area contributed by atoms with E-state index in [9.17, 15) is 9.59 Å². The third-order valence-corrected chi connectivity index (χ3v) is 5.61. The summed E-state index contributed by atoms with van der Waals surface area (Å²) in [5.41, 5.74) is 1.13. The Balaban J connectivity index is 1.66. The Labute approximate surface area is 139 Å². The molecule has 0 bridgehead atoms. The number of nitrogens with one attached hydrogen (secondary N) is 1. The van der Waals surface area contributed by atoms with E-state index < -0.39 is 0 Å². The highest BCUT2D eigenvalue weighted by molar-refractivity contribution is 7.99. The van der Waals surface area contributed by atoms with Gasteiger partial charge in [0.15, 0.2) is 0 Å². The molecule has 0 aliphatic carbocycles. The first-order valence-corrected chi connectivity index (χ1v) is 8.80. The summed E-state index contributed by atoms with van der Waals surface area (Å²) < 4.78 is 0. The maximum Gasteiger partial charge on any atom is 0.328 e. The van der Waals surface area contributed by atoms with Gasteiger partial charge in [-0.1, -0.05) is 29.8 Å². The number of hydrogen-bond donors (Lipinski definition) is 1. The molecule has 0 aromatic heterocycles. The third-order valence-electron chi connectivity index (χ3n) is 3.95. The summed E-state index contributed by atoms with van der Waals surface area (Å²) in [7, 11) is 0. The highest BCUT2D eigenvalue weighted by Gasteiger charge is 2.31. The molecule has 2 fully saturated rings. The lowest BCUT2D eigenvalue weighted by Crippen LogP contribution is -2.45. The highest BCUT2D eigenvalue weighted by atomic mass is 35.5. The molecule has 0 saturated carbocycles. The zero-order valence-electron chi connectivity index (χ0n) is 12.1. The van der Waals surface area contributed by atoms with E-state index in [1.807, 2.05) is 36.0 Å². The van der Waals surface area contributed by atoms with Crippen LogP contribution in [0.2, 0.25) is 5.02 Å². The predicted molar refractivity (Wildman–Crippen MR) is 88.3 cm³/mol. The van der Waals surface area contributed by atoms with Crippen LogP contribution >= 0.6 is 23.4 Å². The van der Waals surface area contributed by atoms with E-state index in [0.29, 0.717) is 31.4 Å². The van der Waals surface area contributed by atoms with Crippen LogP contribution in [0.4, 0.5) is 9.59 Å². The van der Waals surface area contributed by atoms with Gasteiger partial charge in [-0.15, -0.1) is 0 Å². The topological polar surface area (TPSA) is 52.7 Å². The van der Waals surface area contributed by atoms with Crippen LogP contribution in [0.15, 0.2) is 24.3 Å². The summed E-state index contributed by atoms with van der Waals surface area (Å²) >= 11 is 8.10. The van der Waals surface area contributed by atoms with Crippen LogP contribution < -0.4 is 5.32 Å². The molecule has 0 unspecified atom stereocenters. The van der Waals surface area contributed by atoms with Crippen molar-refractivity contribution in [3.8, 4) is 0 Å². The number of hydrogen-bond acceptors (Lipinski definition) is 3. The second-order valence-corrected chi connectivity index (χ2v) is 7.04. The van der Waals surface area contributed by atoms with Crippen molar-refractivity contribution >= 4 is 35.4 Å². The molecule has 5 nitrogen and oxygen atoms in total. The lowest BCUT2D eigenvalue weighted by Gasteiger charge is -2.24. The number of urea groups is 2. The van der Waals surface area contributed by atoms with Gasteiger partial charge >= 0.3 is 12.1 Å². The molecule has 0 radical (unpaired) electrons. The largest absolute Gasteiger partial charge is 0.336 e. The number of thioether (sulfide) groups is 1. The number of amides is 4. The van der Waals surface area contributed by atoms with Crippen molar-refractivity contribution in [2.75, 3.05) is 31.9 Å². The van der Waals surface area contributed by atoms with E-state index in [1.54, 1.807) is 4.90 Å². The first-order chi connectivity index (χ1) is 10.7. The molecule has 118 valence electrons. The van der Waals surface area contributed by atoms with Crippen molar-refractivity contribution in [2.45, 2.75) is 11.7 Å². The Hall–Kier alpha value is -1.40. The molecule has 2 heterocycles. The Kier molecular flexibility index (Phi) is 4.78. The summed E-state index contributed by atoms with van der Waals surface area (Å²) in [5, 5.41) is 3.73. The second kappa shape index (κ2) is 6.79. The molecule has 1 aromatic carbocycles. The van der Waals surface area contributed by atoms with Crippen LogP contribution in [0.3, 0.4) is 0 Å². The first kappa shape index (κ1) is 15.5. The third kappa shape index (κ3) is 3.17. The van der Waals surface area contributed by atoms with E-state index in [2.05, 4.69) is 5.32 Å². The molecule has 3 rings (SSSR count). The van der Waals surface area contributed by atoms with Gasteiger partial charge in [0.05, 0.1) is 0 Å². The molecule has 4 amide bonds. The molecular formula is C15H18ClN3O2S. The first-order valence-electron chi connectivity index (χ1n) is 7.37. The molecule has 22 heavy (non-hydrogen) atoms. The smallest absolute Gasteiger partial charge is 0.328 e. The molecule has 1 N–H and O–H groups in total. The molecule has 1 atom stereocenters. The van der Waals surface area contributed by atoms with Crippen molar-refractivity contribution in [1.82, 2.24) is 15.1 Å². The van der Waals surface area contributed by atoms with E-state index in [4.69, 9.17) is 11.6 Å². The standard InChI is InChI=1S/C15H18ClN3O2S/c16-12-4-2-1-3-11(12)13-5-7-18(9-10-22-13)15(21)19-8-6-17-14(19)20/h1-4,13H,5-10H2,(H,17,20)/t13-/m0/s1. The molecular weight excluding hydrogens is 322 g/mol. The van der Waals surface area contributed by atoms with E-state index in [1.165, 1.54) is 4.90 Å². The quantitative estimate of drug-likeness (QED) is 0.855. The minimum atomic E-state index is -0.287. The zero-order chi connectivity index (χ0) is 15.5. The van der Waals surface area contributed by atoms with Gasteiger partial charge < -0.3 is 10.2 Å². The van der Waals surface area contributed by atoms with Gasteiger partial charge in [0, 0.05) is 42.2 Å². The van der Waals surface area contributed by atoms with Gasteiger partial charge in [-0.2, -0.15) is 11.8 Å². The molecule has 2 aliphatic rings. The Morgan fingerprint density at radius 3 is 2.82 bits per heavy atom. The van der Waals surface area contributed by atoms with Gasteiger partial charge in [0.25, 0.3) is 0 Å². The molecule has 0 spiro atoms. The number of benzene rings is 1. The molecule has 2 aliphatic heterocycles. The van der Waals surface area contributed by atoms with Crippen LogP contribution in [-0.4, -0.2) is 53.8 Å². The van der Waals surface area contributed by atoms with Crippen LogP contribution in [-0.2, 0) is 0 Å². The average Bonchev–Trinajstić information content (AvgIpc) is 2.80. The number of rotatable bonds is 1. The molecule has 1 aromatic rings. The molecule has 2 saturated heterocycles. The minimum Gasteiger partial charge on any atom is -0.336 e. The summed E-state index contributed by atoms with van der Waals surface area (Å²) in [5.74, 6) is 0.844. The average molecular weight is 340 g/mol. The van der Waals surface area contributed by atoms with Gasteiger partial charge in [0.1, 0.15) is 0 Å². The summed E-state index contributed by atoms with van der Waals surface area (Å²) in [6, 6.07) is 7.39. The van der Waals surface area contributed by atoms with E-state index >= 15 is 0 Å². The van der Waals surface area contributed by atoms with Crippen molar-refractivity contribution in [1.29, 1.82) is 0 Å². The lowest BCUT2D eigenvalue weighted by molar-refractivity contribution is 0.166. The predicted octanol–water partition coefficient (Wildman–Crippen LogP) is 2.97. The van der Waals surface area contributed by atoms with Crippen molar-refractivity contribution in [2.24, 2.45) is 0 Å². The van der Waals surface area contributed by atoms with Gasteiger partial charge in [-0.05, 0) is 18.1 Å². The molecule has 7 heteroatoms. The number of nitrogens with zero attached hydrogens (tertiary/aromatic N) is 2. The maximum atomic E-state index is 12.4. The number of halogens is 1. The summed E-state index contributed by atoms with van der Waals surface area (Å²) in [6.45, 7) is 2.30. The fourth-order valence-electron chi connectivity index (χ4n) is 2.77. The monoisotopic (exact) mass is 339 g/mol. The van der Waals surface area contributed by atoms with Gasteiger partial charge in [-0.25, -0.2) is 14.5 Å². The van der Waals surface area contributed by atoms with Crippen LogP contribution in [0.25, 0.3) is 0 Å². The lowest BCUT2D eigenvalue weighted by atomic mass is 10.1. The summed E-state index contributed by atoms with van der Waals surface area (Å²) in [4.78, 5) is 27.1. The SMILES string of the molecule is O=C1NCCN1C(=O)N1CCS[C@H](c2ccccc2Cl)CC1. The maximum absolute atomic E-state index is 12.4. The number of imide groups is 1. The normalized spacial score (nSPS) is 22.4. The van der Waals surface area contributed by atoms with Crippen molar-refractivity contribution < 1.29 is 9.59 Å². The van der Waals surface area contributed by atoms with Crippen LogP contribution in [0, 0.1) is 0 Å². The van der Waals surface area contributed by atoms with Gasteiger partial charge in [0.2, 0.25) is 0 Å². The Morgan fingerprint density at radius 1 is 1.27 bits per heavy atom. The fraction of sp³-hybridized carbons (Fsp3) is 0.467. The van der Waals surface area contributed by atoms with Crippen molar-refractivity contribution in [3.05, 3.63) is 34.9 Å². The van der Waals surface area contributed by atoms with Gasteiger partial charge in [-0.3, -0.25) is 0 Å². The van der Waals surface area contributed by atoms with Crippen LogP contribution in [0.5, 0.6) is 0 Å². The Bertz CT molecular complexity index is 584. The zero-order valence-corrected chi connectivity index (χ0v) is 13.7. The van der Waals surface area contributed by atoms with E-state index in [0.717, 1.165) is 22.8 Å². The number of carbonyl (C=O) groups is 2. The minimum absolute atomic E-state index is 0.185. The Morgan fingerprint density at radius 2 is 2.09 bits per heavy atom. The second-order valence-electron chi connectivity index (χ2n) is 5.32. The van der Waals surface area contributed by atoms with E-state index in [-0.39, 0.29) is 12.1 Å². The van der Waals surface area contributed by atoms with Crippen molar-refractivity contribution in [3.63, 3.8) is 0 Å².